The van der Waals surface area contributed by atoms with Gasteiger partial charge >= 0.3 is 0 Å². The van der Waals surface area contributed by atoms with Crippen molar-refractivity contribution in [3.05, 3.63) is 0 Å². The molecule has 0 aliphatic carbocycles. The fraction of sp³-hybridized carbons (Fsp3) is 1.00. The molecule has 48 valence electrons. The third-order valence-corrected chi connectivity index (χ3v) is 6.11. The molecule has 0 aromatic rings. The van der Waals surface area contributed by atoms with Gasteiger partial charge in [-0.15, -0.1) is 0 Å². The van der Waals surface area contributed by atoms with Gasteiger partial charge in [0.2, 0.25) is 0 Å². The van der Waals surface area contributed by atoms with E-state index >= 15 is 0 Å². The second kappa shape index (κ2) is 3.43. The molecular weight excluding hydrogens is 130 g/mol. The van der Waals surface area contributed by atoms with Crippen LogP contribution in [0.15, 0.2) is 0 Å². The number of nitrogens with zero attached hydrogens (tertiary/aromatic N) is 1. The van der Waals surface area contributed by atoms with Crippen LogP contribution in [0, 0.1) is 0 Å². The van der Waals surface area contributed by atoms with Crippen molar-refractivity contribution in [1.82, 2.24) is 4.57 Å². The molecule has 0 amide bonds. The van der Waals surface area contributed by atoms with Crippen molar-refractivity contribution in [2.45, 2.75) is 19.3 Å². The fourth-order valence-electron chi connectivity index (χ4n) is 1.28. The standard InChI is InChI=1S/C5H15NSi2/c7-8-6-4-2-1-3-5-6/h1-5,8H2,7H3. The molecule has 0 radical (unpaired) electrons. The summed E-state index contributed by atoms with van der Waals surface area (Å²) in [6.45, 7) is 2.88. The average molecular weight is 145 g/mol. The number of rotatable bonds is 1. The molecule has 0 spiro atoms. The molecule has 0 unspecified atom stereocenters. The third-order valence-electron chi connectivity index (χ3n) is 1.90. The molecule has 1 rings (SSSR count). The minimum absolute atomic E-state index is 0.340. The van der Waals surface area contributed by atoms with Crippen LogP contribution in [0.2, 0.25) is 0 Å². The normalized spacial score (nSPS) is 25.5. The van der Waals surface area contributed by atoms with Crippen LogP contribution in [0.5, 0.6) is 0 Å². The van der Waals surface area contributed by atoms with Crippen LogP contribution < -0.4 is 0 Å². The molecule has 0 saturated carbocycles. The molecule has 0 aromatic carbocycles. The van der Waals surface area contributed by atoms with Gasteiger partial charge in [-0.3, -0.25) is 0 Å². The van der Waals surface area contributed by atoms with E-state index in [1.165, 1.54) is 42.1 Å². The molecule has 1 aliphatic rings. The molecular formula is C5H15NSi2. The zero-order chi connectivity index (χ0) is 5.82. The first kappa shape index (κ1) is 6.51. The lowest BCUT2D eigenvalue weighted by atomic mass is 10.2. The van der Waals surface area contributed by atoms with Crippen LogP contribution in [0.1, 0.15) is 19.3 Å². The van der Waals surface area contributed by atoms with Crippen molar-refractivity contribution < 1.29 is 0 Å². The first-order chi connectivity index (χ1) is 3.93. The first-order valence-electron chi connectivity index (χ1n) is 3.66. The van der Waals surface area contributed by atoms with Gasteiger partial charge in [0.15, 0.2) is 0 Å². The van der Waals surface area contributed by atoms with E-state index in [-0.39, 0.29) is 0 Å². The summed E-state index contributed by atoms with van der Waals surface area (Å²) in [6, 6.07) is 0. The molecule has 3 heteroatoms. The summed E-state index contributed by atoms with van der Waals surface area (Å²) in [5.41, 5.74) is 0. The van der Waals surface area contributed by atoms with Crippen molar-refractivity contribution in [2.75, 3.05) is 13.1 Å². The van der Waals surface area contributed by atoms with E-state index in [1.54, 1.807) is 0 Å². The highest BCUT2D eigenvalue weighted by atomic mass is 29.1. The van der Waals surface area contributed by atoms with Gasteiger partial charge in [-0.05, 0) is 25.9 Å². The highest BCUT2D eigenvalue weighted by molar-refractivity contribution is 6.87. The highest BCUT2D eigenvalue weighted by Crippen LogP contribution is 2.05. The SMILES string of the molecule is [SiH3][SiH2]N1CCCCC1. The number of piperidine rings is 1. The molecule has 1 aliphatic heterocycles. The number of hydrogen-bond donors (Lipinski definition) is 0. The Morgan fingerprint density at radius 2 is 1.75 bits per heavy atom. The summed E-state index contributed by atoms with van der Waals surface area (Å²) >= 11 is 0. The van der Waals surface area contributed by atoms with E-state index in [2.05, 4.69) is 4.57 Å². The summed E-state index contributed by atoms with van der Waals surface area (Å²) in [5, 5.41) is 0. The summed E-state index contributed by atoms with van der Waals surface area (Å²) in [4.78, 5) is 0. The van der Waals surface area contributed by atoms with Gasteiger partial charge in [0, 0.05) is 9.76 Å². The Labute approximate surface area is 56.6 Å². The van der Waals surface area contributed by atoms with Gasteiger partial charge in [-0.25, -0.2) is 0 Å². The molecule has 0 bridgehead atoms. The maximum absolute atomic E-state index is 2.72. The van der Waals surface area contributed by atoms with Crippen molar-refractivity contribution >= 4 is 19.0 Å². The summed E-state index contributed by atoms with van der Waals surface area (Å²) in [5.74, 6) is 0. The highest BCUT2D eigenvalue weighted by Gasteiger charge is 2.05. The Kier molecular flexibility index (Phi) is 2.79. The van der Waals surface area contributed by atoms with Gasteiger partial charge in [0.25, 0.3) is 0 Å². The smallest absolute Gasteiger partial charge is 0.0756 e. The Bertz CT molecular complexity index is 61.4. The van der Waals surface area contributed by atoms with Crippen molar-refractivity contribution in [2.24, 2.45) is 0 Å². The molecule has 1 nitrogen and oxygen atoms in total. The van der Waals surface area contributed by atoms with Crippen LogP contribution in [-0.4, -0.2) is 36.6 Å². The molecule has 1 heterocycles. The quantitative estimate of drug-likeness (QED) is 0.421. The van der Waals surface area contributed by atoms with Crippen molar-refractivity contribution in [3.8, 4) is 0 Å². The predicted molar refractivity (Wildman–Crippen MR) is 43.9 cm³/mol. The molecule has 0 aromatic heterocycles. The zero-order valence-corrected chi connectivity index (χ0v) is 9.10. The van der Waals surface area contributed by atoms with Gasteiger partial charge in [-0.2, -0.15) is 0 Å². The number of hydrogen-bond acceptors (Lipinski definition) is 1. The zero-order valence-electron chi connectivity index (χ0n) is 5.69. The second-order valence-corrected chi connectivity index (χ2v) is 5.92. The fourth-order valence-corrected chi connectivity index (χ4v) is 4.25. The summed E-state index contributed by atoms with van der Waals surface area (Å²) in [7, 11) is 1.84. The van der Waals surface area contributed by atoms with Gasteiger partial charge < -0.3 is 4.57 Å². The molecule has 1 saturated heterocycles. The van der Waals surface area contributed by atoms with Crippen LogP contribution in [-0.2, 0) is 0 Å². The maximum Gasteiger partial charge on any atom is 0.0756 e. The van der Waals surface area contributed by atoms with Crippen molar-refractivity contribution in [3.63, 3.8) is 0 Å². The predicted octanol–water partition coefficient (Wildman–Crippen LogP) is -1.16. The van der Waals surface area contributed by atoms with E-state index in [4.69, 9.17) is 0 Å². The van der Waals surface area contributed by atoms with E-state index in [9.17, 15) is 0 Å². The summed E-state index contributed by atoms with van der Waals surface area (Å²) < 4.78 is 2.72. The molecule has 1 fully saturated rings. The first-order valence-corrected chi connectivity index (χ1v) is 9.95. The lowest BCUT2D eigenvalue weighted by Gasteiger charge is -2.24. The van der Waals surface area contributed by atoms with Gasteiger partial charge in [0.1, 0.15) is 0 Å². The van der Waals surface area contributed by atoms with Crippen LogP contribution in [0.4, 0.5) is 0 Å². The van der Waals surface area contributed by atoms with Crippen LogP contribution >= 0.6 is 0 Å². The van der Waals surface area contributed by atoms with Crippen molar-refractivity contribution in [1.29, 1.82) is 0 Å². The minimum atomic E-state index is 0.340. The largest absolute Gasteiger partial charge is 0.332 e. The molecule has 0 atom stereocenters. The Balaban J connectivity index is 2.13. The molecule has 8 heavy (non-hydrogen) atoms. The third kappa shape index (κ3) is 1.72. The lowest BCUT2D eigenvalue weighted by Crippen LogP contribution is -2.33. The van der Waals surface area contributed by atoms with Crippen LogP contribution in [0.25, 0.3) is 0 Å². The Morgan fingerprint density at radius 3 is 2.12 bits per heavy atom. The Hall–Kier alpha value is 0.394. The lowest BCUT2D eigenvalue weighted by molar-refractivity contribution is 0.365. The van der Waals surface area contributed by atoms with Gasteiger partial charge in [-0.1, -0.05) is 6.42 Å². The minimum Gasteiger partial charge on any atom is -0.332 e. The van der Waals surface area contributed by atoms with E-state index in [1.807, 2.05) is 0 Å². The van der Waals surface area contributed by atoms with E-state index < -0.39 is 0 Å². The average Bonchev–Trinajstić information content (AvgIpc) is 1.90. The topological polar surface area (TPSA) is 3.24 Å². The summed E-state index contributed by atoms with van der Waals surface area (Å²) in [6.07, 6.45) is 4.46. The van der Waals surface area contributed by atoms with Crippen LogP contribution in [0.3, 0.4) is 0 Å². The van der Waals surface area contributed by atoms with Gasteiger partial charge in [0.05, 0.1) is 9.20 Å². The second-order valence-electron chi connectivity index (χ2n) is 2.49. The van der Waals surface area contributed by atoms with E-state index in [0.717, 1.165) is 0 Å². The monoisotopic (exact) mass is 145 g/mol. The van der Waals surface area contributed by atoms with E-state index in [0.29, 0.717) is 9.20 Å². The maximum atomic E-state index is 2.72. The molecule has 0 N–H and O–H groups in total. The Morgan fingerprint density at radius 1 is 1.12 bits per heavy atom.